The minimum absolute atomic E-state index is 0.0519. The van der Waals surface area contributed by atoms with Crippen LogP contribution in [0, 0.1) is 17.8 Å². The normalized spacial score (nSPS) is 23.7. The summed E-state index contributed by atoms with van der Waals surface area (Å²) in [5, 5.41) is 10.8. The number of likely N-dealkylation sites (tertiary alicyclic amines) is 2. The number of ether oxygens (including phenoxy) is 2. The zero-order chi connectivity index (χ0) is 27.1. The molecule has 4 aliphatic rings. The maximum absolute atomic E-state index is 13.7. The molecule has 4 fully saturated rings. The molecule has 1 aliphatic carbocycles. The van der Waals surface area contributed by atoms with Gasteiger partial charge in [-0.3, -0.25) is 9.59 Å². The molecule has 9 heteroatoms. The number of hydrogen-bond acceptors (Lipinski definition) is 6. The molecule has 3 saturated heterocycles. The topological polar surface area (TPSA) is 101 Å². The number of aromatic amines is 1. The Morgan fingerprint density at radius 1 is 0.825 bits per heavy atom. The summed E-state index contributed by atoms with van der Waals surface area (Å²) in [7, 11) is 0. The van der Waals surface area contributed by atoms with Gasteiger partial charge in [-0.05, 0) is 104 Å². The average Bonchev–Trinajstić information content (AvgIpc) is 3.66. The number of carbonyl (C=O) groups excluding carboxylic acids is 2. The van der Waals surface area contributed by atoms with E-state index in [1.807, 2.05) is 34.1 Å². The first-order valence-electron chi connectivity index (χ1n) is 14.9. The molecule has 3 aromatic rings. The Kier molecular flexibility index (Phi) is 6.91. The van der Waals surface area contributed by atoms with Gasteiger partial charge in [0.15, 0.2) is 0 Å². The van der Waals surface area contributed by atoms with E-state index >= 15 is 0 Å². The maximum Gasteiger partial charge on any atom is 0.253 e. The van der Waals surface area contributed by atoms with Gasteiger partial charge in [-0.1, -0.05) is 0 Å². The van der Waals surface area contributed by atoms with Crippen LogP contribution in [0.1, 0.15) is 70.7 Å². The fourth-order valence-electron chi connectivity index (χ4n) is 6.66. The van der Waals surface area contributed by atoms with Crippen LogP contribution in [0.4, 0.5) is 0 Å². The van der Waals surface area contributed by atoms with Gasteiger partial charge in [-0.25, -0.2) is 0 Å². The summed E-state index contributed by atoms with van der Waals surface area (Å²) in [5.74, 6) is 2.86. The number of hydrogen-bond donors (Lipinski definition) is 1. The first kappa shape index (κ1) is 25.5. The molecule has 1 aromatic heterocycles. The molecule has 2 amide bonds. The van der Waals surface area contributed by atoms with Crippen LogP contribution in [0.3, 0.4) is 0 Å². The fraction of sp³-hybridized carbons (Fsp3) is 0.548. The van der Waals surface area contributed by atoms with Gasteiger partial charge in [0.2, 0.25) is 0 Å². The van der Waals surface area contributed by atoms with E-state index in [2.05, 4.69) is 27.5 Å². The zero-order valence-electron chi connectivity index (χ0n) is 22.9. The Balaban J connectivity index is 0.994. The highest BCUT2D eigenvalue weighted by Gasteiger charge is 2.38. The minimum Gasteiger partial charge on any atom is -0.493 e. The molecule has 0 radical (unpaired) electrons. The molecule has 1 saturated carbocycles. The molecule has 2 atom stereocenters. The van der Waals surface area contributed by atoms with E-state index in [0.717, 1.165) is 81.9 Å². The molecule has 4 heterocycles. The molecule has 1 N–H and O–H groups in total. The first-order chi connectivity index (χ1) is 19.6. The third-order valence-corrected chi connectivity index (χ3v) is 9.30. The largest absolute Gasteiger partial charge is 0.493 e. The average molecular weight is 544 g/mol. The van der Waals surface area contributed by atoms with Gasteiger partial charge in [0, 0.05) is 50.5 Å². The van der Waals surface area contributed by atoms with Crippen molar-refractivity contribution in [1.82, 2.24) is 25.2 Å². The summed E-state index contributed by atoms with van der Waals surface area (Å²) in [6.07, 6.45) is 6.27. The Hall–Kier alpha value is -3.46. The number of benzene rings is 2. The van der Waals surface area contributed by atoms with Crippen LogP contribution in [0.2, 0.25) is 0 Å². The smallest absolute Gasteiger partial charge is 0.253 e. The van der Waals surface area contributed by atoms with Gasteiger partial charge in [0.05, 0.1) is 6.61 Å². The SMILES string of the molecule is O=C(c1cc(OCC2CCOCC2)cc(C2CC2)c1)N1CCC2CN(C(=O)c3ccc4n[nH]nc4c3)CC2CC1. The Morgan fingerprint density at radius 3 is 2.30 bits per heavy atom. The molecule has 40 heavy (non-hydrogen) atoms. The summed E-state index contributed by atoms with van der Waals surface area (Å²) in [5.41, 5.74) is 4.10. The van der Waals surface area contributed by atoms with Crippen LogP contribution in [0.25, 0.3) is 11.0 Å². The van der Waals surface area contributed by atoms with Crippen LogP contribution < -0.4 is 4.74 Å². The molecular formula is C31H37N5O4. The van der Waals surface area contributed by atoms with Gasteiger partial charge >= 0.3 is 0 Å². The summed E-state index contributed by atoms with van der Waals surface area (Å²) in [6.45, 7) is 5.22. The minimum atomic E-state index is 0.0519. The van der Waals surface area contributed by atoms with Crippen LogP contribution in [0.15, 0.2) is 36.4 Å². The fourth-order valence-corrected chi connectivity index (χ4v) is 6.66. The summed E-state index contributed by atoms with van der Waals surface area (Å²) in [4.78, 5) is 31.0. The second kappa shape index (κ2) is 10.8. The Morgan fingerprint density at radius 2 is 1.55 bits per heavy atom. The Bertz CT molecular complexity index is 1380. The van der Waals surface area contributed by atoms with E-state index in [9.17, 15) is 9.59 Å². The van der Waals surface area contributed by atoms with Crippen molar-refractivity contribution in [2.75, 3.05) is 46.0 Å². The van der Waals surface area contributed by atoms with Gasteiger partial charge in [0.1, 0.15) is 16.8 Å². The van der Waals surface area contributed by atoms with Crippen molar-refractivity contribution in [2.24, 2.45) is 17.8 Å². The van der Waals surface area contributed by atoms with E-state index in [-0.39, 0.29) is 11.8 Å². The third kappa shape index (κ3) is 5.31. The lowest BCUT2D eigenvalue weighted by Gasteiger charge is -2.24. The lowest BCUT2D eigenvalue weighted by atomic mass is 9.92. The van der Waals surface area contributed by atoms with E-state index in [4.69, 9.17) is 9.47 Å². The van der Waals surface area contributed by atoms with Crippen LogP contribution in [0.5, 0.6) is 5.75 Å². The quantitative estimate of drug-likeness (QED) is 0.499. The number of carbonyl (C=O) groups is 2. The number of nitrogens with one attached hydrogen (secondary N) is 1. The molecule has 3 aliphatic heterocycles. The van der Waals surface area contributed by atoms with Crippen molar-refractivity contribution in [2.45, 2.75) is 44.4 Å². The summed E-state index contributed by atoms with van der Waals surface area (Å²) >= 11 is 0. The standard InChI is InChI=1S/C31H37N5O4/c37-30(22-3-4-28-29(16-22)33-34-32-28)36-17-23-5-9-35(10-6-24(23)18-36)31(38)26-13-25(21-1-2-21)14-27(15-26)40-19-20-7-11-39-12-8-20/h3-4,13-16,20-21,23-24H,1-2,5-12,17-19H2,(H,32,33,34). The second-order valence-electron chi connectivity index (χ2n) is 12.1. The molecule has 210 valence electrons. The number of rotatable bonds is 6. The van der Waals surface area contributed by atoms with E-state index in [0.29, 0.717) is 41.4 Å². The highest BCUT2D eigenvalue weighted by Crippen LogP contribution is 2.42. The predicted molar refractivity (Wildman–Crippen MR) is 149 cm³/mol. The van der Waals surface area contributed by atoms with Crippen LogP contribution in [-0.2, 0) is 4.74 Å². The van der Waals surface area contributed by atoms with Crippen molar-refractivity contribution < 1.29 is 19.1 Å². The van der Waals surface area contributed by atoms with Crippen molar-refractivity contribution >= 4 is 22.8 Å². The molecule has 2 unspecified atom stereocenters. The van der Waals surface area contributed by atoms with E-state index in [1.54, 1.807) is 0 Å². The van der Waals surface area contributed by atoms with Gasteiger partial charge in [-0.15, -0.1) is 0 Å². The van der Waals surface area contributed by atoms with E-state index in [1.165, 1.54) is 18.4 Å². The van der Waals surface area contributed by atoms with Crippen LogP contribution >= 0.6 is 0 Å². The molecular weight excluding hydrogens is 506 g/mol. The molecule has 2 aromatic carbocycles. The second-order valence-corrected chi connectivity index (χ2v) is 12.1. The number of nitrogens with zero attached hydrogens (tertiary/aromatic N) is 4. The highest BCUT2D eigenvalue weighted by atomic mass is 16.5. The molecule has 9 nitrogen and oxygen atoms in total. The van der Waals surface area contributed by atoms with E-state index < -0.39 is 0 Å². The van der Waals surface area contributed by atoms with Gasteiger partial charge in [0.25, 0.3) is 11.8 Å². The van der Waals surface area contributed by atoms with Gasteiger partial charge in [-0.2, -0.15) is 15.4 Å². The number of H-pyrrole nitrogens is 1. The highest BCUT2D eigenvalue weighted by molar-refractivity contribution is 5.97. The third-order valence-electron chi connectivity index (χ3n) is 9.30. The predicted octanol–water partition coefficient (Wildman–Crippen LogP) is 4.27. The molecule has 0 spiro atoms. The molecule has 0 bridgehead atoms. The van der Waals surface area contributed by atoms with Gasteiger partial charge < -0.3 is 19.3 Å². The van der Waals surface area contributed by atoms with Crippen molar-refractivity contribution in [1.29, 1.82) is 0 Å². The number of amides is 2. The van der Waals surface area contributed by atoms with Crippen molar-refractivity contribution in [3.8, 4) is 5.75 Å². The van der Waals surface area contributed by atoms with Crippen molar-refractivity contribution in [3.63, 3.8) is 0 Å². The molecule has 7 rings (SSSR count). The first-order valence-corrected chi connectivity index (χ1v) is 14.9. The van der Waals surface area contributed by atoms with Crippen molar-refractivity contribution in [3.05, 3.63) is 53.1 Å². The lowest BCUT2D eigenvalue weighted by molar-refractivity contribution is 0.0497. The summed E-state index contributed by atoms with van der Waals surface area (Å²) < 4.78 is 11.7. The zero-order valence-corrected chi connectivity index (χ0v) is 22.9. The number of aromatic nitrogens is 3. The van der Waals surface area contributed by atoms with Crippen LogP contribution in [-0.4, -0.2) is 83.0 Å². The monoisotopic (exact) mass is 543 g/mol. The summed E-state index contributed by atoms with van der Waals surface area (Å²) in [6, 6.07) is 11.7. The maximum atomic E-state index is 13.7. The number of fused-ring (bicyclic) bond motifs is 2. The lowest BCUT2D eigenvalue weighted by Crippen LogP contribution is -2.34. The Labute approximate surface area is 234 Å².